The zero-order valence-electron chi connectivity index (χ0n) is 15.1. The predicted octanol–water partition coefficient (Wildman–Crippen LogP) is 5.52. The average Bonchev–Trinajstić information content (AvgIpc) is 2.86. The molecule has 5 atom stereocenters. The van der Waals surface area contributed by atoms with Crippen LogP contribution >= 0.6 is 0 Å². The summed E-state index contributed by atoms with van der Waals surface area (Å²) in [7, 11) is 0. The Kier molecular flexibility index (Phi) is 6.34. The Bertz CT molecular complexity index is 332. The van der Waals surface area contributed by atoms with Crippen LogP contribution in [-0.4, -0.2) is 24.0 Å². The molecule has 0 aromatic heterocycles. The van der Waals surface area contributed by atoms with Crippen molar-refractivity contribution in [3.05, 3.63) is 11.6 Å². The molecular weight excluding hydrogens is 254 g/mol. The van der Waals surface area contributed by atoms with Crippen molar-refractivity contribution < 1.29 is 0 Å². The van der Waals surface area contributed by atoms with E-state index in [1.807, 2.05) is 0 Å². The van der Waals surface area contributed by atoms with Gasteiger partial charge in [-0.25, -0.2) is 0 Å². The summed E-state index contributed by atoms with van der Waals surface area (Å²) in [6, 6.07) is 0.895. The van der Waals surface area contributed by atoms with Crippen molar-refractivity contribution in [2.45, 2.75) is 79.2 Å². The van der Waals surface area contributed by atoms with Gasteiger partial charge in [-0.2, -0.15) is 0 Å². The van der Waals surface area contributed by atoms with E-state index < -0.39 is 0 Å². The Morgan fingerprint density at radius 3 is 2.38 bits per heavy atom. The lowest BCUT2D eigenvalue weighted by atomic mass is 9.87. The maximum atomic E-state index is 2.83. The first-order valence-electron chi connectivity index (χ1n) is 9.33. The van der Waals surface area contributed by atoms with Crippen molar-refractivity contribution in [1.29, 1.82) is 0 Å². The number of rotatable bonds is 5. The molecule has 1 aliphatic heterocycles. The van der Waals surface area contributed by atoms with Crippen LogP contribution in [-0.2, 0) is 0 Å². The second kappa shape index (κ2) is 7.81. The van der Waals surface area contributed by atoms with Crippen LogP contribution in [0.5, 0.6) is 0 Å². The quantitative estimate of drug-likeness (QED) is 0.603. The van der Waals surface area contributed by atoms with Gasteiger partial charge in [0.05, 0.1) is 0 Å². The average molecular weight is 292 g/mol. The Morgan fingerprint density at radius 2 is 1.76 bits per heavy atom. The van der Waals surface area contributed by atoms with Crippen molar-refractivity contribution in [1.82, 2.24) is 4.90 Å². The van der Waals surface area contributed by atoms with E-state index in [9.17, 15) is 0 Å². The molecule has 1 heteroatoms. The van der Waals surface area contributed by atoms with Gasteiger partial charge in [0.1, 0.15) is 0 Å². The highest BCUT2D eigenvalue weighted by atomic mass is 15.2. The molecule has 1 unspecified atom stereocenters. The Hall–Kier alpha value is -0.300. The van der Waals surface area contributed by atoms with Crippen LogP contribution in [0.15, 0.2) is 11.6 Å². The van der Waals surface area contributed by atoms with Crippen LogP contribution in [0.4, 0.5) is 0 Å². The summed E-state index contributed by atoms with van der Waals surface area (Å²) in [4.78, 5) is 2.83. The van der Waals surface area contributed by atoms with Gasteiger partial charge in [-0.3, -0.25) is 4.90 Å². The number of nitrogens with zero attached hydrogens (tertiary/aromatic N) is 1. The molecule has 0 N–H and O–H groups in total. The molecule has 2 aliphatic rings. The highest BCUT2D eigenvalue weighted by Gasteiger charge is 2.34. The van der Waals surface area contributed by atoms with E-state index >= 15 is 0 Å². The van der Waals surface area contributed by atoms with Crippen molar-refractivity contribution in [2.75, 3.05) is 13.1 Å². The minimum atomic E-state index is 0.895. The van der Waals surface area contributed by atoms with Crippen molar-refractivity contribution in [2.24, 2.45) is 23.7 Å². The summed E-state index contributed by atoms with van der Waals surface area (Å²) >= 11 is 0. The van der Waals surface area contributed by atoms with Gasteiger partial charge in [0.15, 0.2) is 0 Å². The van der Waals surface area contributed by atoms with Gasteiger partial charge >= 0.3 is 0 Å². The van der Waals surface area contributed by atoms with Gasteiger partial charge in [-0.05, 0) is 76.0 Å². The Morgan fingerprint density at radius 1 is 1.10 bits per heavy atom. The van der Waals surface area contributed by atoms with Crippen LogP contribution in [0, 0.1) is 23.7 Å². The largest absolute Gasteiger partial charge is 0.300 e. The molecule has 1 heterocycles. The molecule has 0 spiro atoms. The fourth-order valence-electron chi connectivity index (χ4n) is 4.72. The predicted molar refractivity (Wildman–Crippen MR) is 93.5 cm³/mol. The van der Waals surface area contributed by atoms with E-state index in [0.29, 0.717) is 0 Å². The summed E-state index contributed by atoms with van der Waals surface area (Å²) in [6.07, 6.45) is 10.9. The molecular formula is C20H37N. The van der Waals surface area contributed by atoms with Crippen LogP contribution in [0.1, 0.15) is 73.1 Å². The molecule has 0 aromatic rings. The second-order valence-electron chi connectivity index (χ2n) is 8.46. The SMILES string of the molecule is CC(C)=CCCC(C)[C@H]1CC[C@H](N2C[C@H](C)C[C@H](C)C2)C1. The minimum absolute atomic E-state index is 0.895. The normalized spacial score (nSPS) is 35.7. The molecule has 0 aromatic carbocycles. The minimum Gasteiger partial charge on any atom is -0.300 e. The maximum absolute atomic E-state index is 2.83. The third-order valence-electron chi connectivity index (χ3n) is 5.84. The molecule has 2 rings (SSSR count). The van der Waals surface area contributed by atoms with Gasteiger partial charge in [0, 0.05) is 19.1 Å². The molecule has 2 fully saturated rings. The van der Waals surface area contributed by atoms with Crippen molar-refractivity contribution in [3.8, 4) is 0 Å². The summed E-state index contributed by atoms with van der Waals surface area (Å²) in [6.45, 7) is 14.5. The molecule has 122 valence electrons. The molecule has 1 nitrogen and oxygen atoms in total. The first-order chi connectivity index (χ1) is 9.95. The maximum Gasteiger partial charge on any atom is 0.00983 e. The van der Waals surface area contributed by atoms with Crippen LogP contribution < -0.4 is 0 Å². The number of likely N-dealkylation sites (tertiary alicyclic amines) is 1. The summed E-state index contributed by atoms with van der Waals surface area (Å²) < 4.78 is 0. The van der Waals surface area contributed by atoms with Gasteiger partial charge in [-0.15, -0.1) is 0 Å². The lowest BCUT2D eigenvalue weighted by Crippen LogP contribution is -2.44. The Balaban J connectivity index is 1.78. The number of allylic oxidation sites excluding steroid dienone is 2. The Labute approximate surface area is 133 Å². The smallest absolute Gasteiger partial charge is 0.00983 e. The third kappa shape index (κ3) is 5.13. The second-order valence-corrected chi connectivity index (χ2v) is 8.46. The van der Waals surface area contributed by atoms with Gasteiger partial charge < -0.3 is 0 Å². The topological polar surface area (TPSA) is 3.24 Å². The van der Waals surface area contributed by atoms with E-state index in [1.165, 1.54) is 57.2 Å². The fourth-order valence-corrected chi connectivity index (χ4v) is 4.72. The molecule has 1 saturated carbocycles. The lowest BCUT2D eigenvalue weighted by Gasteiger charge is -2.39. The van der Waals surface area contributed by atoms with Crippen LogP contribution in [0.25, 0.3) is 0 Å². The molecule has 0 bridgehead atoms. The molecule has 1 saturated heterocycles. The van der Waals surface area contributed by atoms with Crippen molar-refractivity contribution in [3.63, 3.8) is 0 Å². The third-order valence-corrected chi connectivity index (χ3v) is 5.84. The van der Waals surface area contributed by atoms with E-state index in [4.69, 9.17) is 0 Å². The highest BCUT2D eigenvalue weighted by Crippen LogP contribution is 2.38. The summed E-state index contributed by atoms with van der Waals surface area (Å²) in [5, 5.41) is 0. The molecule has 0 radical (unpaired) electrons. The first-order valence-corrected chi connectivity index (χ1v) is 9.33. The van der Waals surface area contributed by atoms with Gasteiger partial charge in [-0.1, -0.05) is 32.4 Å². The molecule has 0 amide bonds. The van der Waals surface area contributed by atoms with Crippen molar-refractivity contribution >= 4 is 0 Å². The monoisotopic (exact) mass is 291 g/mol. The summed E-state index contributed by atoms with van der Waals surface area (Å²) in [5.41, 5.74) is 1.47. The first kappa shape index (κ1) is 17.1. The van der Waals surface area contributed by atoms with E-state index in [1.54, 1.807) is 0 Å². The number of hydrogen-bond donors (Lipinski definition) is 0. The standard InChI is InChI=1S/C20H37N/c1-15(2)7-6-8-18(5)19-9-10-20(12-19)21-13-16(3)11-17(4)14-21/h7,16-20H,6,8-14H2,1-5H3/t16-,17+,18?,19-,20-/m0/s1. The van der Waals surface area contributed by atoms with Gasteiger partial charge in [0.2, 0.25) is 0 Å². The zero-order chi connectivity index (χ0) is 15.4. The van der Waals surface area contributed by atoms with E-state index in [-0.39, 0.29) is 0 Å². The lowest BCUT2D eigenvalue weighted by molar-refractivity contribution is 0.0941. The number of hydrogen-bond acceptors (Lipinski definition) is 1. The van der Waals surface area contributed by atoms with Crippen LogP contribution in [0.3, 0.4) is 0 Å². The molecule has 21 heavy (non-hydrogen) atoms. The highest BCUT2D eigenvalue weighted by molar-refractivity contribution is 4.94. The summed E-state index contributed by atoms with van der Waals surface area (Å²) in [5.74, 6) is 3.70. The van der Waals surface area contributed by atoms with Gasteiger partial charge in [0.25, 0.3) is 0 Å². The van der Waals surface area contributed by atoms with Crippen LogP contribution in [0.2, 0.25) is 0 Å². The molecule has 1 aliphatic carbocycles. The van der Waals surface area contributed by atoms with E-state index in [0.717, 1.165) is 29.7 Å². The van der Waals surface area contributed by atoms with E-state index in [2.05, 4.69) is 45.6 Å². The number of piperidine rings is 1. The zero-order valence-corrected chi connectivity index (χ0v) is 15.1. The fraction of sp³-hybridized carbons (Fsp3) is 0.900.